The summed E-state index contributed by atoms with van der Waals surface area (Å²) < 4.78 is 5.25. The Kier molecular flexibility index (Phi) is 7.49. The molecule has 1 heterocycles. The van der Waals surface area contributed by atoms with Crippen molar-refractivity contribution < 1.29 is 14.6 Å². The number of hydrogen-bond donors (Lipinski definition) is 4. The molecule has 0 amide bonds. The lowest BCUT2D eigenvalue weighted by atomic mass is 10.2. The van der Waals surface area contributed by atoms with Crippen molar-refractivity contribution in [3.63, 3.8) is 0 Å². The fraction of sp³-hybridized carbons (Fsp3) is 0.200. The van der Waals surface area contributed by atoms with E-state index in [2.05, 4.69) is 10.6 Å². The van der Waals surface area contributed by atoms with Crippen LogP contribution < -0.4 is 15.4 Å². The van der Waals surface area contributed by atoms with Crippen molar-refractivity contribution in [3.8, 4) is 5.75 Å². The first-order chi connectivity index (χ1) is 10.5. The average Bonchev–Trinajstić information content (AvgIpc) is 2.97. The van der Waals surface area contributed by atoms with Crippen molar-refractivity contribution >= 4 is 29.0 Å². The molecule has 0 radical (unpaired) electrons. The predicted molar refractivity (Wildman–Crippen MR) is 88.8 cm³/mol. The highest BCUT2D eigenvalue weighted by atomic mass is 32.1. The number of aliphatic carboxylic acids is 1. The predicted octanol–water partition coefficient (Wildman–Crippen LogP) is 2.98. The van der Waals surface area contributed by atoms with Gasteiger partial charge >= 0.3 is 0 Å². The van der Waals surface area contributed by atoms with E-state index < -0.39 is 5.97 Å². The van der Waals surface area contributed by atoms with E-state index in [0.29, 0.717) is 6.54 Å². The van der Waals surface area contributed by atoms with Gasteiger partial charge in [0.2, 0.25) is 0 Å². The summed E-state index contributed by atoms with van der Waals surface area (Å²) in [7, 11) is 1.65. The third-order valence-electron chi connectivity index (χ3n) is 2.44. The van der Waals surface area contributed by atoms with Crippen LogP contribution >= 0.6 is 11.3 Å². The SMILES string of the molecule is CC(=O)O.COc1ccccc1CNC(=N)Nc1ccsc1. The summed E-state index contributed by atoms with van der Waals surface area (Å²) in [5, 5.41) is 25.1. The van der Waals surface area contributed by atoms with Gasteiger partial charge in [0, 0.05) is 24.4 Å². The number of carbonyl (C=O) groups is 1. The van der Waals surface area contributed by atoms with Crippen molar-refractivity contribution in [2.75, 3.05) is 12.4 Å². The van der Waals surface area contributed by atoms with Crippen LogP contribution in [0.1, 0.15) is 12.5 Å². The molecule has 2 aromatic rings. The third kappa shape index (κ3) is 6.76. The molecule has 1 aromatic heterocycles. The largest absolute Gasteiger partial charge is 0.496 e. The molecule has 0 bridgehead atoms. The lowest BCUT2D eigenvalue weighted by Gasteiger charge is -2.11. The van der Waals surface area contributed by atoms with Crippen LogP contribution in [0.3, 0.4) is 0 Å². The maximum absolute atomic E-state index is 9.00. The fourth-order valence-electron chi connectivity index (χ4n) is 1.56. The third-order valence-corrected chi connectivity index (χ3v) is 3.12. The summed E-state index contributed by atoms with van der Waals surface area (Å²) in [5.41, 5.74) is 1.95. The standard InChI is InChI=1S/C13H15N3OS.C2H4O2/c1-17-12-5-3-2-4-10(12)8-15-13(14)16-11-6-7-18-9-11;1-2(3)4/h2-7,9H,8H2,1H3,(H3,14,15,16);1H3,(H,3,4). The minimum absolute atomic E-state index is 0.277. The second kappa shape index (κ2) is 9.41. The molecule has 2 rings (SSSR count). The van der Waals surface area contributed by atoms with Gasteiger partial charge in [0.1, 0.15) is 5.75 Å². The summed E-state index contributed by atoms with van der Waals surface area (Å²) in [6, 6.07) is 9.70. The summed E-state index contributed by atoms with van der Waals surface area (Å²) in [6.45, 7) is 1.64. The van der Waals surface area contributed by atoms with Crippen LogP contribution in [0.25, 0.3) is 0 Å². The van der Waals surface area contributed by atoms with Crippen LogP contribution in [-0.4, -0.2) is 24.1 Å². The van der Waals surface area contributed by atoms with Gasteiger partial charge in [-0.15, -0.1) is 0 Å². The van der Waals surface area contributed by atoms with E-state index in [1.54, 1.807) is 18.4 Å². The first kappa shape index (κ1) is 17.5. The lowest BCUT2D eigenvalue weighted by Crippen LogP contribution is -2.28. The van der Waals surface area contributed by atoms with Crippen molar-refractivity contribution in [3.05, 3.63) is 46.7 Å². The van der Waals surface area contributed by atoms with E-state index in [0.717, 1.165) is 23.9 Å². The monoisotopic (exact) mass is 321 g/mol. The van der Waals surface area contributed by atoms with Gasteiger partial charge in [-0.05, 0) is 17.5 Å². The molecule has 4 N–H and O–H groups in total. The zero-order valence-electron chi connectivity index (χ0n) is 12.4. The molecule has 0 saturated carbocycles. The van der Waals surface area contributed by atoms with Gasteiger partial charge in [-0.25, -0.2) is 0 Å². The van der Waals surface area contributed by atoms with Crippen molar-refractivity contribution in [1.29, 1.82) is 5.41 Å². The van der Waals surface area contributed by atoms with Crippen LogP contribution in [0.4, 0.5) is 5.69 Å². The molecule has 7 heteroatoms. The molecule has 0 atom stereocenters. The minimum atomic E-state index is -0.833. The van der Waals surface area contributed by atoms with E-state index in [1.165, 1.54) is 0 Å². The number of guanidine groups is 1. The topological polar surface area (TPSA) is 94.4 Å². The highest BCUT2D eigenvalue weighted by molar-refractivity contribution is 7.08. The smallest absolute Gasteiger partial charge is 0.300 e. The number of para-hydroxylation sites is 1. The van der Waals surface area contributed by atoms with Crippen LogP contribution in [-0.2, 0) is 11.3 Å². The Morgan fingerprint density at radius 2 is 2.05 bits per heavy atom. The molecular formula is C15H19N3O3S. The molecule has 0 aliphatic rings. The maximum Gasteiger partial charge on any atom is 0.300 e. The molecule has 0 unspecified atom stereocenters. The normalized spacial score (nSPS) is 9.18. The number of hydrogen-bond acceptors (Lipinski definition) is 4. The maximum atomic E-state index is 9.00. The molecule has 22 heavy (non-hydrogen) atoms. The summed E-state index contributed by atoms with van der Waals surface area (Å²) >= 11 is 1.60. The Morgan fingerprint density at radius 3 is 2.64 bits per heavy atom. The van der Waals surface area contributed by atoms with Gasteiger partial charge in [-0.2, -0.15) is 11.3 Å². The molecule has 1 aromatic carbocycles. The summed E-state index contributed by atoms with van der Waals surface area (Å²) in [5.74, 6) is 0.271. The zero-order valence-corrected chi connectivity index (χ0v) is 13.2. The van der Waals surface area contributed by atoms with Crippen LogP contribution in [0.5, 0.6) is 5.75 Å². The number of methoxy groups -OCH3 is 1. The fourth-order valence-corrected chi connectivity index (χ4v) is 2.14. The van der Waals surface area contributed by atoms with Crippen LogP contribution in [0.2, 0.25) is 0 Å². The van der Waals surface area contributed by atoms with E-state index >= 15 is 0 Å². The second-order valence-corrected chi connectivity index (χ2v) is 4.98. The van der Waals surface area contributed by atoms with Crippen molar-refractivity contribution in [2.45, 2.75) is 13.5 Å². The Balaban J connectivity index is 0.000000541. The molecule has 118 valence electrons. The zero-order chi connectivity index (χ0) is 16.4. The summed E-state index contributed by atoms with van der Waals surface area (Å²) in [4.78, 5) is 9.00. The van der Waals surface area contributed by atoms with Crippen LogP contribution in [0.15, 0.2) is 41.1 Å². The number of nitrogens with one attached hydrogen (secondary N) is 3. The van der Waals surface area contributed by atoms with Gasteiger partial charge < -0.3 is 20.5 Å². The van der Waals surface area contributed by atoms with Crippen molar-refractivity contribution in [2.24, 2.45) is 0 Å². The Bertz CT molecular complexity index is 596. The van der Waals surface area contributed by atoms with E-state index in [9.17, 15) is 0 Å². The molecule has 0 fully saturated rings. The highest BCUT2D eigenvalue weighted by Crippen LogP contribution is 2.16. The first-order valence-corrected chi connectivity index (χ1v) is 7.40. The molecule has 6 nitrogen and oxygen atoms in total. The number of benzene rings is 1. The highest BCUT2D eigenvalue weighted by Gasteiger charge is 2.02. The molecule has 0 saturated heterocycles. The first-order valence-electron chi connectivity index (χ1n) is 6.46. The minimum Gasteiger partial charge on any atom is -0.496 e. The van der Waals surface area contributed by atoms with Crippen LogP contribution in [0, 0.1) is 5.41 Å². The average molecular weight is 321 g/mol. The van der Waals surface area contributed by atoms with Gasteiger partial charge in [-0.3, -0.25) is 10.2 Å². The number of carboxylic acid groups (broad SMARTS) is 1. The number of carboxylic acids is 1. The number of anilines is 1. The number of rotatable bonds is 4. The van der Waals surface area contributed by atoms with Gasteiger partial charge in [0.25, 0.3) is 5.97 Å². The van der Waals surface area contributed by atoms with Gasteiger partial charge in [-0.1, -0.05) is 18.2 Å². The lowest BCUT2D eigenvalue weighted by molar-refractivity contribution is -0.134. The Hall–Kier alpha value is -2.54. The quantitative estimate of drug-likeness (QED) is 0.513. The van der Waals surface area contributed by atoms with Gasteiger partial charge in [0.15, 0.2) is 5.96 Å². The molecule has 0 aliphatic carbocycles. The Morgan fingerprint density at radius 1 is 1.36 bits per heavy atom. The van der Waals surface area contributed by atoms with E-state index in [4.69, 9.17) is 20.0 Å². The Labute approximate surface area is 133 Å². The molecule has 0 spiro atoms. The molecular weight excluding hydrogens is 302 g/mol. The van der Waals surface area contributed by atoms with E-state index in [-0.39, 0.29) is 5.96 Å². The van der Waals surface area contributed by atoms with E-state index in [1.807, 2.05) is 41.1 Å². The van der Waals surface area contributed by atoms with Gasteiger partial charge in [0.05, 0.1) is 12.8 Å². The molecule has 0 aliphatic heterocycles. The number of thiophene rings is 1. The summed E-state index contributed by atoms with van der Waals surface area (Å²) in [6.07, 6.45) is 0. The second-order valence-electron chi connectivity index (χ2n) is 4.20. The van der Waals surface area contributed by atoms with Crippen molar-refractivity contribution in [1.82, 2.24) is 5.32 Å². The number of ether oxygens (including phenoxy) is 1.